The molecule has 12 aromatic rings. The lowest BCUT2D eigenvalue weighted by atomic mass is 9.94. The molecule has 0 aliphatic carbocycles. The first-order valence-electron chi connectivity index (χ1n) is 30.2. The number of fused-ring (bicyclic) bond motifs is 10. The van der Waals surface area contributed by atoms with E-state index in [1.54, 1.807) is 0 Å². The normalized spacial score (nSPS) is 17.4. The molecule has 0 aromatic heterocycles. The number of rotatable bonds is 5. The Kier molecular flexibility index (Phi) is 12.5. The summed E-state index contributed by atoms with van der Waals surface area (Å²) in [6.45, 7) is 0.477. The number of benzene rings is 12. The fraction of sp³-hybridized carbons (Fsp3) is 0.0375. The molecule has 0 N–H and O–H groups in total. The van der Waals surface area contributed by atoms with Gasteiger partial charge < -0.3 is 23.7 Å². The number of para-hydroxylation sites is 9. The quantitative estimate of drug-likeness (QED) is 0.161. The summed E-state index contributed by atoms with van der Waals surface area (Å²) in [6, 6.07) is 101. The van der Waals surface area contributed by atoms with E-state index in [0.29, 0.717) is 6.73 Å². The zero-order chi connectivity index (χ0) is 59.6. The molecule has 6 bridgehead atoms. The Bertz CT molecular complexity index is 4990. The summed E-state index contributed by atoms with van der Waals surface area (Å²) in [4.78, 5) is 0. The van der Waals surface area contributed by atoms with Gasteiger partial charge in [-0.05, 0) is 71.8 Å². The van der Waals surface area contributed by atoms with Crippen LogP contribution in [0.5, 0.6) is 28.7 Å². The first kappa shape index (κ1) is 52.3. The molecular weight excluding hydrogens is 1110 g/mol. The van der Waals surface area contributed by atoms with Crippen molar-refractivity contribution in [3.05, 3.63) is 337 Å². The maximum Gasteiger partial charge on any atom is 0.714 e. The third kappa shape index (κ3) is 8.67. The predicted molar refractivity (Wildman–Crippen MR) is 351 cm³/mol. The molecule has 7 aliphatic heterocycles. The van der Waals surface area contributed by atoms with Gasteiger partial charge in [0.05, 0.1) is 33.4 Å². The standard InChI is InChI=1S/2C27H18N2O2.C26H20NO/c1-2-11-21(12-3-1)28-18-20-10-8-14-23-22-13-5-6-15-24(22)29-17-19-9-4-7-16-25(19)30-27(28,29)31-26(20)23;1-2-11-22(12-3-1)28-18-21-10-7-14-24-19-9-6-13-23(16-19)29-17-20-8-4-5-15-25(20)30-27(28,29)31-26(21)24;1-4-11-20(12-5-1)23-17-10-18-24-25(21-13-6-2-7-14-21)27(19-28-26(23)24)22-15-8-3-9-16-22/h2*1-18H;1-18H,19H2/q2*+2;+1/t2*27-;/m11./s1. The Hall–Kier alpha value is -12.0. The lowest BCUT2D eigenvalue weighted by Gasteiger charge is -2.32. The predicted octanol–water partition coefficient (Wildman–Crippen LogP) is 16.5. The summed E-state index contributed by atoms with van der Waals surface area (Å²) in [7, 11) is 0. The van der Waals surface area contributed by atoms with Gasteiger partial charge in [-0.2, -0.15) is 4.58 Å². The molecule has 2 atom stereocenters. The third-order valence-corrected chi connectivity index (χ3v) is 17.2. The van der Waals surface area contributed by atoms with Gasteiger partial charge in [0, 0.05) is 76.9 Å². The average Bonchev–Trinajstić information content (AvgIpc) is 1.10. The molecule has 0 radical (unpaired) electrons. The van der Waals surface area contributed by atoms with Crippen LogP contribution in [-0.2, 0) is 0 Å². The van der Waals surface area contributed by atoms with Crippen LogP contribution in [0.2, 0.25) is 0 Å². The molecule has 0 saturated heterocycles. The Morgan fingerprint density at radius 3 is 1.30 bits per heavy atom. The first-order chi connectivity index (χ1) is 44.6. The van der Waals surface area contributed by atoms with E-state index < -0.39 is 12.1 Å². The van der Waals surface area contributed by atoms with Gasteiger partial charge in [0.15, 0.2) is 47.9 Å². The van der Waals surface area contributed by atoms with Gasteiger partial charge >= 0.3 is 12.1 Å². The molecule has 19 rings (SSSR count). The summed E-state index contributed by atoms with van der Waals surface area (Å²) >= 11 is 0. The minimum Gasteiger partial charge on any atom is -0.434 e. The Labute approximate surface area is 520 Å². The van der Waals surface area contributed by atoms with Crippen LogP contribution in [0, 0.1) is 0 Å². The fourth-order valence-electron chi connectivity index (χ4n) is 13.1. The van der Waals surface area contributed by atoms with Crippen LogP contribution in [0.15, 0.2) is 303 Å². The van der Waals surface area contributed by atoms with Crippen LogP contribution in [0.3, 0.4) is 0 Å². The van der Waals surface area contributed by atoms with Crippen LogP contribution in [0.4, 0.5) is 28.4 Å². The highest BCUT2D eigenvalue weighted by Crippen LogP contribution is 2.51. The van der Waals surface area contributed by atoms with Gasteiger partial charge in [-0.25, -0.2) is 0 Å². The number of ether oxygens (including phenoxy) is 5. The Morgan fingerprint density at radius 2 is 0.667 bits per heavy atom. The van der Waals surface area contributed by atoms with Gasteiger partial charge in [-0.1, -0.05) is 206 Å². The monoisotopic (exact) mass is 1170 g/mol. The summed E-state index contributed by atoms with van der Waals surface area (Å²) in [6.07, 6.45) is 8.48. The van der Waals surface area contributed by atoms with Crippen molar-refractivity contribution in [2.45, 2.75) is 12.1 Å². The Morgan fingerprint density at radius 1 is 0.267 bits per heavy atom. The molecular formula is C80H56N5O5+5. The highest BCUT2D eigenvalue weighted by molar-refractivity contribution is 6.13. The van der Waals surface area contributed by atoms with Crippen molar-refractivity contribution in [1.29, 1.82) is 0 Å². The van der Waals surface area contributed by atoms with E-state index in [2.05, 4.69) is 266 Å². The molecule has 0 amide bonds. The number of hydrogen-bond acceptors (Lipinski definition) is 5. The topological polar surface area (TPSA) is 61.2 Å². The third-order valence-electron chi connectivity index (χ3n) is 17.2. The van der Waals surface area contributed by atoms with E-state index >= 15 is 0 Å². The summed E-state index contributed by atoms with van der Waals surface area (Å²) in [5.41, 5.74) is 19.3. The van der Waals surface area contributed by atoms with Gasteiger partial charge in [-0.15, -0.1) is 0 Å². The largest absolute Gasteiger partial charge is 0.714 e. The number of hydrogen-bond donors (Lipinski definition) is 0. The lowest BCUT2D eigenvalue weighted by molar-refractivity contribution is -0.856. The molecule has 10 heteroatoms. The molecule has 0 unspecified atom stereocenters. The molecule has 7 heterocycles. The van der Waals surface area contributed by atoms with Crippen LogP contribution in [0.25, 0.3) is 33.4 Å². The van der Waals surface area contributed by atoms with Gasteiger partial charge in [0.2, 0.25) is 34.1 Å². The van der Waals surface area contributed by atoms with Crippen molar-refractivity contribution in [3.63, 3.8) is 0 Å². The van der Waals surface area contributed by atoms with Crippen molar-refractivity contribution >= 4 is 59.0 Å². The maximum atomic E-state index is 6.86. The highest BCUT2D eigenvalue weighted by atomic mass is 16.8. The van der Waals surface area contributed by atoms with Gasteiger partial charge in [-0.3, -0.25) is 0 Å². The minimum absolute atomic E-state index is 0.477. The molecule has 7 aliphatic rings. The maximum absolute atomic E-state index is 6.86. The average molecular weight is 1170 g/mol. The van der Waals surface area contributed by atoms with Crippen molar-refractivity contribution < 1.29 is 46.6 Å². The van der Waals surface area contributed by atoms with Crippen molar-refractivity contribution in [2.75, 3.05) is 6.73 Å². The molecule has 12 aromatic carbocycles. The lowest BCUT2D eigenvalue weighted by Crippen LogP contribution is -2.62. The Balaban J connectivity index is 0.000000104. The fourth-order valence-corrected chi connectivity index (χ4v) is 13.1. The summed E-state index contributed by atoms with van der Waals surface area (Å²) in [5, 5.41) is 0. The van der Waals surface area contributed by atoms with Crippen molar-refractivity contribution in [2.24, 2.45) is 0 Å². The smallest absolute Gasteiger partial charge is 0.434 e. The van der Waals surface area contributed by atoms with E-state index in [9.17, 15) is 0 Å². The van der Waals surface area contributed by atoms with Crippen LogP contribution < -0.4 is 23.7 Å². The van der Waals surface area contributed by atoms with Crippen LogP contribution in [0.1, 0.15) is 33.4 Å². The van der Waals surface area contributed by atoms with Crippen LogP contribution >= 0.6 is 0 Å². The zero-order valence-corrected chi connectivity index (χ0v) is 48.7. The molecule has 0 saturated carbocycles. The number of nitrogens with zero attached hydrogens (tertiary/aromatic N) is 5. The SMILES string of the molecule is C1=[N+](c2ccccc2)[C@]23Oc4ccccc4C=[N+]2c2cccc(c2)-c2cccc1c2O3.C1=[N+](c2ccccc2)[C@]23Oc4ccccc4C=[N+]2c2ccccc2-c2cccc1c2O3.c1ccc(C2=[N+](c3ccccc3)COc3c2cccc3-c2ccccc2)cc1. The van der Waals surface area contributed by atoms with Crippen molar-refractivity contribution in [3.8, 4) is 62.1 Å². The minimum atomic E-state index is -1.22. The second kappa shape index (κ2) is 21.4. The molecule has 426 valence electrons. The zero-order valence-electron chi connectivity index (χ0n) is 48.7. The van der Waals surface area contributed by atoms with Gasteiger partial charge in [0.1, 0.15) is 5.75 Å². The van der Waals surface area contributed by atoms with E-state index in [1.807, 2.05) is 84.9 Å². The second-order valence-corrected chi connectivity index (χ2v) is 22.6. The second-order valence-electron chi connectivity index (χ2n) is 22.6. The highest BCUT2D eigenvalue weighted by Gasteiger charge is 2.69. The molecule has 0 fully saturated rings. The van der Waals surface area contributed by atoms with E-state index in [0.717, 1.165) is 113 Å². The van der Waals surface area contributed by atoms with E-state index in [4.69, 9.17) is 23.7 Å². The van der Waals surface area contributed by atoms with E-state index in [1.165, 1.54) is 16.8 Å². The summed E-state index contributed by atoms with van der Waals surface area (Å²) in [5.74, 6) is 4.17. The van der Waals surface area contributed by atoms with Crippen LogP contribution in [-0.4, -0.2) is 72.2 Å². The summed E-state index contributed by atoms with van der Waals surface area (Å²) < 4.78 is 44.1. The molecule has 90 heavy (non-hydrogen) atoms. The first-order valence-corrected chi connectivity index (χ1v) is 30.2. The molecule has 2 spiro atoms. The van der Waals surface area contributed by atoms with Gasteiger partial charge in [0.25, 0.3) is 6.73 Å². The van der Waals surface area contributed by atoms with E-state index in [-0.39, 0.29) is 0 Å². The molecule has 10 nitrogen and oxygen atoms in total. The van der Waals surface area contributed by atoms with Crippen molar-refractivity contribution in [1.82, 2.24) is 0 Å².